The van der Waals surface area contributed by atoms with Crippen LogP contribution in [0.4, 0.5) is 5.69 Å². The van der Waals surface area contributed by atoms with Gasteiger partial charge in [0.15, 0.2) is 0 Å². The third kappa shape index (κ3) is 2.57. The van der Waals surface area contributed by atoms with E-state index in [1.54, 1.807) is 22.6 Å². The van der Waals surface area contributed by atoms with Gasteiger partial charge in [-0.25, -0.2) is 0 Å². The van der Waals surface area contributed by atoms with Gasteiger partial charge in [-0.15, -0.1) is 0 Å². The van der Waals surface area contributed by atoms with E-state index in [0.29, 0.717) is 18.7 Å². The molecule has 0 atom stereocenters. The van der Waals surface area contributed by atoms with E-state index >= 15 is 0 Å². The minimum Gasteiger partial charge on any atom is -0.363 e. The average molecular weight is 305 g/mol. The number of aryl methyl sites for hydroxylation is 1. The summed E-state index contributed by atoms with van der Waals surface area (Å²) in [6, 6.07) is 1.87. The molecule has 1 amide bonds. The maximum Gasteiger partial charge on any atom is 0.255 e. The number of carbonyl (C=O) groups excluding carboxylic acids is 1. The van der Waals surface area contributed by atoms with Gasteiger partial charge in [0.2, 0.25) is 0 Å². The van der Waals surface area contributed by atoms with Crippen molar-refractivity contribution in [3.8, 4) is 0 Å². The number of hydrogen-bond acceptors (Lipinski definition) is 4. The second kappa shape index (κ2) is 5.85. The van der Waals surface area contributed by atoms with Crippen molar-refractivity contribution in [3.63, 3.8) is 0 Å². The number of nitrogens with zero attached hydrogens (tertiary/aromatic N) is 2. The van der Waals surface area contributed by atoms with E-state index in [2.05, 4.69) is 5.32 Å². The van der Waals surface area contributed by atoms with Crippen molar-refractivity contribution in [2.75, 3.05) is 31.1 Å². The van der Waals surface area contributed by atoms with Gasteiger partial charge in [0, 0.05) is 18.3 Å². The fraction of sp³-hybridized carbons (Fsp3) is 0.625. The minimum absolute atomic E-state index is 0.0290. The molecule has 0 aliphatic carbocycles. The lowest BCUT2D eigenvalue weighted by Gasteiger charge is -2.45. The molecule has 2 aliphatic heterocycles. The predicted molar refractivity (Wildman–Crippen MR) is 84.3 cm³/mol. The maximum absolute atomic E-state index is 12.3. The summed E-state index contributed by atoms with van der Waals surface area (Å²) in [6.45, 7) is 6.79. The summed E-state index contributed by atoms with van der Waals surface area (Å²) in [6.07, 6.45) is 3.55. The van der Waals surface area contributed by atoms with Crippen molar-refractivity contribution in [2.45, 2.75) is 38.8 Å². The van der Waals surface area contributed by atoms with Crippen molar-refractivity contribution in [1.29, 1.82) is 0 Å². The summed E-state index contributed by atoms with van der Waals surface area (Å²) in [5, 5.41) is 3.32. The number of amides is 1. The Hall–Kier alpha value is -1.66. The van der Waals surface area contributed by atoms with Crippen LogP contribution in [0.5, 0.6) is 0 Å². The topological polar surface area (TPSA) is 63.6 Å². The number of aromatic nitrogens is 1. The van der Waals surface area contributed by atoms with Gasteiger partial charge in [-0.3, -0.25) is 9.59 Å². The molecule has 0 saturated carbocycles. The Morgan fingerprint density at radius 1 is 1.32 bits per heavy atom. The van der Waals surface area contributed by atoms with Crippen LogP contribution < -0.4 is 15.8 Å². The molecule has 2 fully saturated rings. The molecule has 6 heteroatoms. The molecule has 6 nitrogen and oxygen atoms in total. The van der Waals surface area contributed by atoms with Crippen molar-refractivity contribution in [3.05, 3.63) is 28.2 Å². The molecule has 3 rings (SSSR count). The van der Waals surface area contributed by atoms with Crippen LogP contribution in [-0.2, 0) is 16.1 Å². The molecule has 3 heterocycles. The third-order valence-corrected chi connectivity index (χ3v) is 4.77. The fourth-order valence-electron chi connectivity index (χ4n) is 3.34. The first kappa shape index (κ1) is 15.2. The average Bonchev–Trinajstić information content (AvgIpc) is 2.54. The molecule has 2 saturated heterocycles. The number of piperidine rings is 1. The van der Waals surface area contributed by atoms with Gasteiger partial charge in [-0.1, -0.05) is 0 Å². The molecule has 1 spiro atoms. The Morgan fingerprint density at radius 3 is 2.73 bits per heavy atom. The molecular weight excluding hydrogens is 282 g/mol. The van der Waals surface area contributed by atoms with Gasteiger partial charge in [0.1, 0.15) is 6.61 Å². The number of morpholine rings is 1. The monoisotopic (exact) mass is 305 g/mol. The van der Waals surface area contributed by atoms with Gasteiger partial charge >= 0.3 is 0 Å². The van der Waals surface area contributed by atoms with Crippen LogP contribution in [0.3, 0.4) is 0 Å². The zero-order valence-electron chi connectivity index (χ0n) is 13.2. The van der Waals surface area contributed by atoms with E-state index in [4.69, 9.17) is 4.74 Å². The number of hydrogen-bond donors (Lipinski definition) is 1. The van der Waals surface area contributed by atoms with E-state index in [1.165, 1.54) is 0 Å². The maximum atomic E-state index is 12.3. The summed E-state index contributed by atoms with van der Waals surface area (Å²) in [5.41, 5.74) is 1.05. The first-order chi connectivity index (χ1) is 10.6. The van der Waals surface area contributed by atoms with E-state index in [0.717, 1.165) is 31.6 Å². The summed E-state index contributed by atoms with van der Waals surface area (Å²) < 4.78 is 7.53. The standard InChI is InChI=1S/C16H23N3O3/c1-3-18-9-4-13(12(2)15(18)21)19-11-16(22-10-14(19)20)5-7-17-8-6-16/h4,9,17H,3,5-8,10-11H2,1-2H3. The Labute approximate surface area is 130 Å². The SMILES string of the molecule is CCn1ccc(N2CC3(CCNCC3)OCC2=O)c(C)c1=O. The number of anilines is 1. The van der Waals surface area contributed by atoms with Crippen LogP contribution in [0.1, 0.15) is 25.3 Å². The molecule has 0 bridgehead atoms. The highest BCUT2D eigenvalue weighted by molar-refractivity contribution is 5.95. The zero-order valence-corrected chi connectivity index (χ0v) is 13.2. The molecular formula is C16H23N3O3. The van der Waals surface area contributed by atoms with Gasteiger partial charge in [-0.2, -0.15) is 0 Å². The van der Waals surface area contributed by atoms with Crippen molar-refractivity contribution >= 4 is 11.6 Å². The highest BCUT2D eigenvalue weighted by atomic mass is 16.5. The molecule has 1 aromatic rings. The largest absolute Gasteiger partial charge is 0.363 e. The summed E-state index contributed by atoms with van der Waals surface area (Å²) in [7, 11) is 0. The first-order valence-corrected chi connectivity index (χ1v) is 7.91. The van der Waals surface area contributed by atoms with Crippen LogP contribution in [0.15, 0.2) is 17.1 Å². The van der Waals surface area contributed by atoms with Crippen LogP contribution in [0.2, 0.25) is 0 Å². The second-order valence-electron chi connectivity index (χ2n) is 6.12. The first-order valence-electron chi connectivity index (χ1n) is 7.91. The number of pyridine rings is 1. The second-order valence-corrected chi connectivity index (χ2v) is 6.12. The van der Waals surface area contributed by atoms with Crippen molar-refractivity contribution in [1.82, 2.24) is 9.88 Å². The lowest BCUT2D eigenvalue weighted by atomic mass is 9.90. The Balaban J connectivity index is 1.94. The number of carbonyl (C=O) groups is 1. The van der Waals surface area contributed by atoms with E-state index < -0.39 is 0 Å². The predicted octanol–water partition coefficient (Wildman–Crippen LogP) is 0.662. The smallest absolute Gasteiger partial charge is 0.255 e. The highest BCUT2D eigenvalue weighted by Crippen LogP contribution is 2.31. The van der Waals surface area contributed by atoms with Gasteiger partial charge in [-0.05, 0) is 45.8 Å². The van der Waals surface area contributed by atoms with Gasteiger partial charge in [0.25, 0.3) is 11.5 Å². The number of nitrogens with one attached hydrogen (secondary N) is 1. The van der Waals surface area contributed by atoms with E-state index in [-0.39, 0.29) is 23.7 Å². The molecule has 0 unspecified atom stereocenters. The fourth-order valence-corrected chi connectivity index (χ4v) is 3.34. The summed E-state index contributed by atoms with van der Waals surface area (Å²) >= 11 is 0. The molecule has 0 radical (unpaired) electrons. The number of rotatable bonds is 2. The van der Waals surface area contributed by atoms with E-state index in [1.807, 2.05) is 13.0 Å². The normalized spacial score (nSPS) is 21.4. The minimum atomic E-state index is -0.273. The lowest BCUT2D eigenvalue weighted by molar-refractivity contribution is -0.141. The molecule has 120 valence electrons. The van der Waals surface area contributed by atoms with Gasteiger partial charge in [0.05, 0.1) is 17.8 Å². The zero-order chi connectivity index (χ0) is 15.7. The molecule has 1 aromatic heterocycles. The van der Waals surface area contributed by atoms with Crippen molar-refractivity contribution < 1.29 is 9.53 Å². The van der Waals surface area contributed by atoms with Crippen molar-refractivity contribution in [2.24, 2.45) is 0 Å². The third-order valence-electron chi connectivity index (χ3n) is 4.77. The van der Waals surface area contributed by atoms with Gasteiger partial charge < -0.3 is 19.5 Å². The van der Waals surface area contributed by atoms with Crippen LogP contribution >= 0.6 is 0 Å². The quantitative estimate of drug-likeness (QED) is 0.872. The molecule has 1 N–H and O–H groups in total. The molecule has 2 aliphatic rings. The van der Waals surface area contributed by atoms with Crippen LogP contribution in [0.25, 0.3) is 0 Å². The molecule has 0 aromatic carbocycles. The Kier molecular flexibility index (Phi) is 4.06. The summed E-state index contributed by atoms with van der Waals surface area (Å²) in [4.78, 5) is 26.4. The molecule has 22 heavy (non-hydrogen) atoms. The Morgan fingerprint density at radius 2 is 2.05 bits per heavy atom. The lowest BCUT2D eigenvalue weighted by Crippen LogP contribution is -2.58. The van der Waals surface area contributed by atoms with Crippen LogP contribution in [-0.4, -0.2) is 42.3 Å². The van der Waals surface area contributed by atoms with E-state index in [9.17, 15) is 9.59 Å². The summed E-state index contributed by atoms with van der Waals surface area (Å²) in [5.74, 6) is -0.0686. The number of ether oxygens (including phenoxy) is 1. The van der Waals surface area contributed by atoms with Crippen LogP contribution in [0, 0.1) is 6.92 Å². The highest BCUT2D eigenvalue weighted by Gasteiger charge is 2.41. The Bertz CT molecular complexity index is 632.